The first-order valence-electron chi connectivity index (χ1n) is 11.9. The Hall–Kier alpha value is -4.26. The fourth-order valence-electron chi connectivity index (χ4n) is 3.61. The average molecular weight is 508 g/mol. The van der Waals surface area contributed by atoms with Gasteiger partial charge in [0, 0.05) is 50.2 Å². The van der Waals surface area contributed by atoms with E-state index in [2.05, 4.69) is 22.5 Å². The van der Waals surface area contributed by atoms with E-state index >= 15 is 0 Å². The third-order valence-electron chi connectivity index (χ3n) is 5.96. The van der Waals surface area contributed by atoms with E-state index in [1.54, 1.807) is 39.1 Å². The second kappa shape index (κ2) is 13.2. The van der Waals surface area contributed by atoms with E-state index in [0.29, 0.717) is 36.9 Å². The third-order valence-corrected chi connectivity index (χ3v) is 5.96. The molecule has 1 aliphatic rings. The van der Waals surface area contributed by atoms with Gasteiger partial charge in [-0.3, -0.25) is 19.3 Å². The minimum Gasteiger partial charge on any atom is -0.378 e. The van der Waals surface area contributed by atoms with E-state index in [-0.39, 0.29) is 24.3 Å². The lowest BCUT2D eigenvalue weighted by Gasteiger charge is -2.38. The summed E-state index contributed by atoms with van der Waals surface area (Å²) in [5.74, 6) is 4.98. The van der Waals surface area contributed by atoms with Crippen LogP contribution in [0.25, 0.3) is 0 Å². The molecule has 1 atom stereocenters. The number of likely N-dealkylation sites (N-methyl/N-ethyl adjacent to an activating group) is 1. The Bertz CT molecular complexity index is 1140. The van der Waals surface area contributed by atoms with Crippen molar-refractivity contribution < 1.29 is 24.0 Å². The largest absolute Gasteiger partial charge is 0.378 e. The van der Waals surface area contributed by atoms with Gasteiger partial charge in [0.1, 0.15) is 18.6 Å². The lowest BCUT2D eigenvalue weighted by atomic mass is 9.97. The summed E-state index contributed by atoms with van der Waals surface area (Å²) in [6.45, 7) is 6.40. The molecule has 0 spiro atoms. The number of hydrogen-bond donors (Lipinski definition) is 3. The number of aldehydes is 2. The number of amides is 3. The molecule has 1 saturated heterocycles. The average Bonchev–Trinajstić information content (AvgIpc) is 2.87. The van der Waals surface area contributed by atoms with Gasteiger partial charge in [-0.15, -0.1) is 0 Å². The normalized spacial score (nSPS) is 14.3. The summed E-state index contributed by atoms with van der Waals surface area (Å²) in [7, 11) is 1.40. The Kier molecular flexibility index (Phi) is 10.3. The number of carbonyl (C=O) groups excluding carboxylic acids is 5. The van der Waals surface area contributed by atoms with Crippen molar-refractivity contribution in [1.82, 2.24) is 15.5 Å². The molecule has 10 nitrogen and oxygen atoms in total. The highest BCUT2D eigenvalue weighted by Gasteiger charge is 2.31. The highest BCUT2D eigenvalue weighted by atomic mass is 16.2. The molecule has 0 bridgehead atoms. The second-order valence-corrected chi connectivity index (χ2v) is 9.29. The second-order valence-electron chi connectivity index (χ2n) is 9.29. The Morgan fingerprint density at radius 1 is 1.27 bits per heavy atom. The first kappa shape index (κ1) is 29.0. The number of benzene rings is 1. The standard InChI is InChI=1S/C27H33N5O5/c1-19-7-10-22(12-23(19)26(37)32(18-35)24(6-5-11-33)25(36)29-4)31-15-21(16-31)9-8-20(13-28)14-30-27(2,3)17-34/h7,10-14,17-18,21,24,28,30H,5-6,15-16H2,1-4H3,(H,29,36)/b20-14-,28-13?. The van der Waals surface area contributed by atoms with Gasteiger partial charge in [0.05, 0.1) is 17.0 Å². The van der Waals surface area contributed by atoms with Gasteiger partial charge < -0.3 is 30.5 Å². The van der Waals surface area contributed by atoms with Crippen LogP contribution in [0.5, 0.6) is 0 Å². The van der Waals surface area contributed by atoms with Crippen LogP contribution >= 0.6 is 0 Å². The van der Waals surface area contributed by atoms with Crippen LogP contribution in [0.3, 0.4) is 0 Å². The summed E-state index contributed by atoms with van der Waals surface area (Å²) < 4.78 is 0. The van der Waals surface area contributed by atoms with Crippen LogP contribution in [0.1, 0.15) is 42.6 Å². The first-order chi connectivity index (χ1) is 17.6. The smallest absolute Gasteiger partial charge is 0.261 e. The van der Waals surface area contributed by atoms with E-state index in [4.69, 9.17) is 5.41 Å². The van der Waals surface area contributed by atoms with Crippen LogP contribution in [-0.4, -0.2) is 73.6 Å². The summed E-state index contributed by atoms with van der Waals surface area (Å²) in [6, 6.07) is 4.25. The van der Waals surface area contributed by atoms with Gasteiger partial charge >= 0.3 is 0 Å². The molecule has 0 aromatic heterocycles. The van der Waals surface area contributed by atoms with Gasteiger partial charge in [0.2, 0.25) is 12.3 Å². The van der Waals surface area contributed by atoms with Gasteiger partial charge in [-0.25, -0.2) is 0 Å². The van der Waals surface area contributed by atoms with Crippen molar-refractivity contribution >= 4 is 42.7 Å². The maximum Gasteiger partial charge on any atom is 0.261 e. The highest BCUT2D eigenvalue weighted by molar-refractivity contribution is 6.04. The number of nitrogens with zero attached hydrogens (tertiary/aromatic N) is 2. The SMILES string of the molecule is CNC(=O)C(CCC=O)N(C=O)C(=O)c1cc(N2CC(C#C/C(C=N)=C/NC(C)(C)C=O)C2)ccc1C. The lowest BCUT2D eigenvalue weighted by molar-refractivity contribution is -0.131. The number of rotatable bonds is 12. The molecule has 0 saturated carbocycles. The van der Waals surface area contributed by atoms with Gasteiger partial charge in [0.15, 0.2) is 0 Å². The molecule has 1 heterocycles. The fraction of sp³-hybridized carbons (Fsp3) is 0.407. The number of allylic oxidation sites excluding steroid dienone is 1. The molecule has 1 fully saturated rings. The zero-order valence-electron chi connectivity index (χ0n) is 21.5. The minimum absolute atomic E-state index is 0.0325. The Labute approximate surface area is 217 Å². The van der Waals surface area contributed by atoms with E-state index in [1.807, 2.05) is 11.0 Å². The summed E-state index contributed by atoms with van der Waals surface area (Å²) in [6.07, 6.45) is 4.48. The molecule has 1 aromatic carbocycles. The molecule has 3 N–H and O–H groups in total. The molecule has 1 aromatic rings. The Balaban J connectivity index is 2.16. The first-order valence-corrected chi connectivity index (χ1v) is 11.9. The van der Waals surface area contributed by atoms with Crippen molar-refractivity contribution in [2.75, 3.05) is 25.0 Å². The van der Waals surface area contributed by atoms with Crippen LogP contribution in [0.4, 0.5) is 5.69 Å². The van der Waals surface area contributed by atoms with Crippen molar-refractivity contribution in [2.45, 2.75) is 45.2 Å². The van der Waals surface area contributed by atoms with Crippen LogP contribution in [-0.2, 0) is 19.2 Å². The van der Waals surface area contributed by atoms with Crippen LogP contribution in [0.2, 0.25) is 0 Å². The number of aryl methyl sites for hydroxylation is 1. The molecule has 1 aliphatic heterocycles. The predicted octanol–water partition coefficient (Wildman–Crippen LogP) is 1.23. The van der Waals surface area contributed by atoms with Crippen molar-refractivity contribution in [3.63, 3.8) is 0 Å². The number of carbonyl (C=O) groups is 5. The molecule has 2 rings (SSSR count). The number of imide groups is 1. The summed E-state index contributed by atoms with van der Waals surface area (Å²) in [5, 5.41) is 12.9. The molecule has 10 heteroatoms. The molecule has 1 unspecified atom stereocenters. The molecule has 3 amide bonds. The molecule has 37 heavy (non-hydrogen) atoms. The summed E-state index contributed by atoms with van der Waals surface area (Å²) >= 11 is 0. The fourth-order valence-corrected chi connectivity index (χ4v) is 3.61. The minimum atomic E-state index is -1.09. The van der Waals surface area contributed by atoms with Gasteiger partial charge in [-0.05, 0) is 44.9 Å². The molecular weight excluding hydrogens is 474 g/mol. The zero-order valence-corrected chi connectivity index (χ0v) is 21.5. The molecule has 0 radical (unpaired) electrons. The van der Waals surface area contributed by atoms with Gasteiger partial charge in [0.25, 0.3) is 5.91 Å². The monoisotopic (exact) mass is 507 g/mol. The zero-order chi connectivity index (χ0) is 27.6. The lowest BCUT2D eigenvalue weighted by Crippen LogP contribution is -2.48. The topological polar surface area (TPSA) is 140 Å². The van der Waals surface area contributed by atoms with E-state index in [0.717, 1.165) is 23.1 Å². The molecule has 196 valence electrons. The third kappa shape index (κ3) is 7.61. The Morgan fingerprint density at radius 2 is 1.97 bits per heavy atom. The van der Waals surface area contributed by atoms with E-state index in [9.17, 15) is 24.0 Å². The number of hydrogen-bond acceptors (Lipinski definition) is 8. The van der Waals surface area contributed by atoms with Crippen LogP contribution in [0.15, 0.2) is 30.0 Å². The predicted molar refractivity (Wildman–Crippen MR) is 140 cm³/mol. The number of anilines is 1. The molecular formula is C27H33N5O5. The maximum absolute atomic E-state index is 13.3. The van der Waals surface area contributed by atoms with Crippen molar-refractivity contribution in [3.05, 3.63) is 41.1 Å². The Morgan fingerprint density at radius 3 is 2.54 bits per heavy atom. The summed E-state index contributed by atoms with van der Waals surface area (Å²) in [5.41, 5.74) is 1.41. The van der Waals surface area contributed by atoms with Gasteiger partial charge in [-0.2, -0.15) is 0 Å². The van der Waals surface area contributed by atoms with E-state index in [1.165, 1.54) is 7.05 Å². The van der Waals surface area contributed by atoms with Crippen molar-refractivity contribution in [2.24, 2.45) is 5.92 Å². The van der Waals surface area contributed by atoms with E-state index < -0.39 is 23.4 Å². The van der Waals surface area contributed by atoms with Crippen molar-refractivity contribution in [3.8, 4) is 11.8 Å². The summed E-state index contributed by atoms with van der Waals surface area (Å²) in [4.78, 5) is 62.1. The van der Waals surface area contributed by atoms with Crippen LogP contribution < -0.4 is 15.5 Å². The maximum atomic E-state index is 13.3. The quantitative estimate of drug-likeness (QED) is 0.220. The van der Waals surface area contributed by atoms with Crippen LogP contribution in [0, 0.1) is 30.1 Å². The highest BCUT2D eigenvalue weighted by Crippen LogP contribution is 2.27. The molecule has 0 aliphatic carbocycles. The van der Waals surface area contributed by atoms with Gasteiger partial charge in [-0.1, -0.05) is 17.9 Å². The van der Waals surface area contributed by atoms with Crippen molar-refractivity contribution in [1.29, 1.82) is 5.41 Å². The number of nitrogens with one attached hydrogen (secondary N) is 3.